The van der Waals surface area contributed by atoms with E-state index in [1.165, 1.54) is 11.3 Å². The standard InChI is InChI=1S/C19H30N4O2S/c1-5-12-11-26-18(21-12)22-15(19(2,3)4)17(25)23-10-6-7-14(23)16(24)20-13-8-9-13/h11,13-15H,5-10H2,1-4H3,(H,20,24)(H,21,22)/t14-,15?/m0/s1. The summed E-state index contributed by atoms with van der Waals surface area (Å²) in [4.78, 5) is 32.2. The first-order valence-corrected chi connectivity index (χ1v) is 10.5. The molecular weight excluding hydrogens is 348 g/mol. The first kappa shape index (κ1) is 19.1. The van der Waals surface area contributed by atoms with Crippen LogP contribution in [0.5, 0.6) is 0 Å². The van der Waals surface area contributed by atoms with Crippen LogP contribution in [0, 0.1) is 5.41 Å². The van der Waals surface area contributed by atoms with Crippen molar-refractivity contribution in [2.45, 2.75) is 77.9 Å². The number of anilines is 1. The van der Waals surface area contributed by atoms with E-state index in [-0.39, 0.29) is 23.3 Å². The molecule has 1 aromatic rings. The molecule has 2 aliphatic rings. The number of carbonyl (C=O) groups excluding carboxylic acids is 2. The minimum absolute atomic E-state index is 0.000745. The maximum Gasteiger partial charge on any atom is 0.246 e. The van der Waals surface area contributed by atoms with Gasteiger partial charge in [-0.05, 0) is 37.5 Å². The van der Waals surface area contributed by atoms with E-state index >= 15 is 0 Å². The number of aromatic nitrogens is 1. The number of hydrogen-bond donors (Lipinski definition) is 2. The third-order valence-corrected chi connectivity index (χ3v) is 5.88. The van der Waals surface area contributed by atoms with Gasteiger partial charge in [0.15, 0.2) is 5.13 Å². The van der Waals surface area contributed by atoms with Gasteiger partial charge in [-0.25, -0.2) is 4.98 Å². The molecule has 2 amide bonds. The second-order valence-corrected chi connectivity index (χ2v) is 9.27. The lowest BCUT2D eigenvalue weighted by molar-refractivity contribution is -0.140. The minimum Gasteiger partial charge on any atom is -0.352 e. The quantitative estimate of drug-likeness (QED) is 0.798. The van der Waals surface area contributed by atoms with Gasteiger partial charge in [-0.2, -0.15) is 0 Å². The Hall–Kier alpha value is -1.63. The van der Waals surface area contributed by atoms with E-state index in [0.717, 1.165) is 42.9 Å². The molecular formula is C19H30N4O2S. The highest BCUT2D eigenvalue weighted by molar-refractivity contribution is 7.13. The van der Waals surface area contributed by atoms with E-state index in [1.807, 2.05) is 26.2 Å². The van der Waals surface area contributed by atoms with Crippen LogP contribution >= 0.6 is 11.3 Å². The van der Waals surface area contributed by atoms with Crippen molar-refractivity contribution < 1.29 is 9.59 Å². The molecule has 0 spiro atoms. The van der Waals surface area contributed by atoms with Gasteiger partial charge in [0.25, 0.3) is 0 Å². The van der Waals surface area contributed by atoms with E-state index in [2.05, 4.69) is 22.5 Å². The highest BCUT2D eigenvalue weighted by Crippen LogP contribution is 2.30. The van der Waals surface area contributed by atoms with Crippen LogP contribution in [0.25, 0.3) is 0 Å². The molecule has 2 heterocycles. The van der Waals surface area contributed by atoms with Gasteiger partial charge in [0.2, 0.25) is 11.8 Å². The monoisotopic (exact) mass is 378 g/mol. The van der Waals surface area contributed by atoms with Gasteiger partial charge in [0, 0.05) is 18.0 Å². The van der Waals surface area contributed by atoms with E-state index in [9.17, 15) is 9.59 Å². The third-order valence-electron chi connectivity index (χ3n) is 5.06. The number of likely N-dealkylation sites (tertiary alicyclic amines) is 1. The van der Waals surface area contributed by atoms with Gasteiger partial charge in [-0.15, -0.1) is 11.3 Å². The molecule has 1 unspecified atom stereocenters. The van der Waals surface area contributed by atoms with Gasteiger partial charge in [-0.1, -0.05) is 27.7 Å². The van der Waals surface area contributed by atoms with Crippen molar-refractivity contribution in [3.8, 4) is 0 Å². The Balaban J connectivity index is 1.74. The molecule has 26 heavy (non-hydrogen) atoms. The second-order valence-electron chi connectivity index (χ2n) is 8.41. The van der Waals surface area contributed by atoms with Crippen LogP contribution in [-0.2, 0) is 16.0 Å². The van der Waals surface area contributed by atoms with Crippen LogP contribution in [0.4, 0.5) is 5.13 Å². The molecule has 1 saturated carbocycles. The molecule has 0 bridgehead atoms. The largest absolute Gasteiger partial charge is 0.352 e. The second kappa shape index (κ2) is 7.55. The zero-order chi connectivity index (χ0) is 18.9. The van der Waals surface area contributed by atoms with Gasteiger partial charge in [0.1, 0.15) is 12.1 Å². The summed E-state index contributed by atoms with van der Waals surface area (Å²) in [5, 5.41) is 9.20. The topological polar surface area (TPSA) is 74.3 Å². The number of nitrogens with one attached hydrogen (secondary N) is 2. The maximum atomic E-state index is 13.3. The van der Waals surface area contributed by atoms with Crippen molar-refractivity contribution in [1.82, 2.24) is 15.2 Å². The smallest absolute Gasteiger partial charge is 0.246 e. The molecule has 1 aromatic heterocycles. The number of amides is 2. The summed E-state index contributed by atoms with van der Waals surface area (Å²) in [6.07, 6.45) is 4.62. The molecule has 2 fully saturated rings. The Kier molecular flexibility index (Phi) is 5.55. The fraction of sp³-hybridized carbons (Fsp3) is 0.737. The van der Waals surface area contributed by atoms with Crippen LogP contribution in [0.3, 0.4) is 0 Å². The van der Waals surface area contributed by atoms with Gasteiger partial charge >= 0.3 is 0 Å². The lowest BCUT2D eigenvalue weighted by Gasteiger charge is -2.35. The Morgan fingerprint density at radius 3 is 2.65 bits per heavy atom. The Bertz CT molecular complexity index is 663. The number of nitrogens with zero attached hydrogens (tertiary/aromatic N) is 2. The van der Waals surface area contributed by atoms with E-state index in [0.29, 0.717) is 12.6 Å². The van der Waals surface area contributed by atoms with Crippen LogP contribution in [-0.4, -0.2) is 46.4 Å². The fourth-order valence-electron chi connectivity index (χ4n) is 3.30. The Morgan fingerprint density at radius 1 is 1.35 bits per heavy atom. The number of thiazole rings is 1. The fourth-order valence-corrected chi connectivity index (χ4v) is 4.12. The first-order valence-electron chi connectivity index (χ1n) is 9.61. The van der Waals surface area contributed by atoms with Crippen molar-refractivity contribution in [2.24, 2.45) is 5.41 Å². The van der Waals surface area contributed by atoms with Gasteiger partial charge in [-0.3, -0.25) is 9.59 Å². The van der Waals surface area contributed by atoms with Gasteiger partial charge < -0.3 is 15.5 Å². The normalized spacial score (nSPS) is 21.5. The summed E-state index contributed by atoms with van der Waals surface area (Å²) >= 11 is 1.53. The molecule has 6 nitrogen and oxygen atoms in total. The van der Waals surface area contributed by atoms with Crippen LogP contribution in [0.15, 0.2) is 5.38 Å². The van der Waals surface area contributed by atoms with E-state index in [4.69, 9.17) is 0 Å². The first-order chi connectivity index (χ1) is 12.3. The number of carbonyl (C=O) groups is 2. The van der Waals surface area contributed by atoms with Crippen molar-refractivity contribution >= 4 is 28.3 Å². The number of aryl methyl sites for hydroxylation is 1. The lowest BCUT2D eigenvalue weighted by atomic mass is 9.85. The van der Waals surface area contributed by atoms with E-state index in [1.54, 1.807) is 4.90 Å². The van der Waals surface area contributed by atoms with Crippen molar-refractivity contribution in [2.75, 3.05) is 11.9 Å². The Morgan fingerprint density at radius 2 is 2.08 bits per heavy atom. The van der Waals surface area contributed by atoms with Gasteiger partial charge in [0.05, 0.1) is 5.69 Å². The molecule has 2 atom stereocenters. The summed E-state index contributed by atoms with van der Waals surface area (Å²) < 4.78 is 0. The Labute approximate surface area is 159 Å². The van der Waals surface area contributed by atoms with Crippen molar-refractivity contribution in [1.29, 1.82) is 0 Å². The highest BCUT2D eigenvalue weighted by Gasteiger charge is 2.42. The number of hydrogen-bond acceptors (Lipinski definition) is 5. The third kappa shape index (κ3) is 4.37. The predicted octanol–water partition coefficient (Wildman–Crippen LogP) is 2.80. The lowest BCUT2D eigenvalue weighted by Crippen LogP contribution is -2.54. The van der Waals surface area contributed by atoms with Crippen molar-refractivity contribution in [3.63, 3.8) is 0 Å². The maximum absolute atomic E-state index is 13.3. The summed E-state index contributed by atoms with van der Waals surface area (Å²) in [6, 6.07) is -0.427. The van der Waals surface area contributed by atoms with Crippen LogP contribution in [0.2, 0.25) is 0 Å². The highest BCUT2D eigenvalue weighted by atomic mass is 32.1. The SMILES string of the molecule is CCc1csc(NC(C(=O)N2CCC[C@H]2C(=O)NC2CC2)C(C)(C)C)n1. The molecule has 0 radical (unpaired) electrons. The summed E-state index contributed by atoms with van der Waals surface area (Å²) in [5.41, 5.74) is 0.746. The summed E-state index contributed by atoms with van der Waals surface area (Å²) in [5.74, 6) is 0.00715. The average Bonchev–Trinajstić information content (AvgIpc) is 3.10. The minimum atomic E-state index is -0.410. The molecule has 1 aliphatic heterocycles. The van der Waals surface area contributed by atoms with Crippen molar-refractivity contribution in [3.05, 3.63) is 11.1 Å². The molecule has 2 N–H and O–H groups in total. The molecule has 144 valence electrons. The molecule has 1 saturated heterocycles. The molecule has 3 rings (SSSR count). The summed E-state index contributed by atoms with van der Waals surface area (Å²) in [6.45, 7) is 8.86. The summed E-state index contributed by atoms with van der Waals surface area (Å²) in [7, 11) is 0. The van der Waals surface area contributed by atoms with Crippen LogP contribution in [0.1, 0.15) is 59.1 Å². The number of rotatable bonds is 6. The van der Waals surface area contributed by atoms with E-state index < -0.39 is 6.04 Å². The van der Waals surface area contributed by atoms with Crippen LogP contribution < -0.4 is 10.6 Å². The zero-order valence-corrected chi connectivity index (χ0v) is 17.0. The molecule has 1 aliphatic carbocycles. The average molecular weight is 379 g/mol. The molecule has 7 heteroatoms. The molecule has 0 aromatic carbocycles. The zero-order valence-electron chi connectivity index (χ0n) is 16.2. The predicted molar refractivity (Wildman–Crippen MR) is 104 cm³/mol.